The maximum atomic E-state index is 11.6. The summed E-state index contributed by atoms with van der Waals surface area (Å²) in [5, 5.41) is 3.29. The van der Waals surface area contributed by atoms with Gasteiger partial charge in [-0.2, -0.15) is 0 Å². The second kappa shape index (κ2) is 5.47. The Labute approximate surface area is 91.3 Å². The molecule has 15 heavy (non-hydrogen) atoms. The molecule has 1 N–H and O–H groups in total. The van der Waals surface area contributed by atoms with Crippen LogP contribution >= 0.6 is 0 Å². The second-order valence-corrected chi connectivity index (χ2v) is 4.39. The summed E-state index contributed by atoms with van der Waals surface area (Å²) in [7, 11) is 3.06. The van der Waals surface area contributed by atoms with Crippen LogP contribution in [0.3, 0.4) is 0 Å². The van der Waals surface area contributed by atoms with E-state index in [9.17, 15) is 4.79 Å². The lowest BCUT2D eigenvalue weighted by molar-refractivity contribution is -0.148. The van der Waals surface area contributed by atoms with Gasteiger partial charge < -0.3 is 14.8 Å². The molecule has 1 aliphatic rings. The van der Waals surface area contributed by atoms with Crippen molar-refractivity contribution < 1.29 is 14.3 Å². The van der Waals surface area contributed by atoms with Gasteiger partial charge in [-0.3, -0.25) is 4.79 Å². The highest BCUT2D eigenvalue weighted by Gasteiger charge is 2.35. The quantitative estimate of drug-likeness (QED) is 0.642. The summed E-state index contributed by atoms with van der Waals surface area (Å²) in [4.78, 5) is 11.6. The Balaban J connectivity index is 2.44. The first-order valence-electron chi connectivity index (χ1n) is 5.45. The number of ether oxygens (including phenoxy) is 2. The highest BCUT2D eigenvalue weighted by Crippen LogP contribution is 2.28. The van der Waals surface area contributed by atoms with Gasteiger partial charge in [0.25, 0.3) is 0 Å². The third-order valence-electron chi connectivity index (χ3n) is 2.92. The van der Waals surface area contributed by atoms with Gasteiger partial charge in [0.1, 0.15) is 5.54 Å². The van der Waals surface area contributed by atoms with Crippen LogP contribution in [0, 0.1) is 5.92 Å². The average molecular weight is 215 g/mol. The van der Waals surface area contributed by atoms with Crippen LogP contribution in [0.1, 0.15) is 26.2 Å². The van der Waals surface area contributed by atoms with Crippen molar-refractivity contribution >= 4 is 5.97 Å². The highest BCUT2D eigenvalue weighted by atomic mass is 16.5. The highest BCUT2D eigenvalue weighted by molar-refractivity contribution is 5.80. The Hall–Kier alpha value is -0.610. The number of carbonyl (C=O) groups excluding carboxylic acids is 1. The largest absolute Gasteiger partial charge is 0.468 e. The van der Waals surface area contributed by atoms with Crippen molar-refractivity contribution in [2.45, 2.75) is 31.7 Å². The van der Waals surface area contributed by atoms with Crippen molar-refractivity contribution in [2.75, 3.05) is 27.4 Å². The van der Waals surface area contributed by atoms with E-state index in [4.69, 9.17) is 9.47 Å². The molecule has 0 aromatic carbocycles. The van der Waals surface area contributed by atoms with E-state index in [2.05, 4.69) is 5.32 Å². The van der Waals surface area contributed by atoms with Crippen LogP contribution in [0.4, 0.5) is 0 Å². The van der Waals surface area contributed by atoms with Gasteiger partial charge in [-0.25, -0.2) is 0 Å². The maximum absolute atomic E-state index is 11.6. The first-order valence-corrected chi connectivity index (χ1v) is 5.45. The molecule has 4 nitrogen and oxygen atoms in total. The smallest absolute Gasteiger partial charge is 0.325 e. The minimum Gasteiger partial charge on any atom is -0.468 e. The SMILES string of the molecule is COCCC(C)(NCC1CC1)C(=O)OC. The molecule has 1 aliphatic carbocycles. The van der Waals surface area contributed by atoms with E-state index in [1.807, 2.05) is 6.92 Å². The van der Waals surface area contributed by atoms with Crippen LogP contribution in [0.2, 0.25) is 0 Å². The summed E-state index contributed by atoms with van der Waals surface area (Å²) in [6, 6.07) is 0. The molecule has 0 aromatic rings. The molecule has 1 atom stereocenters. The summed E-state index contributed by atoms with van der Waals surface area (Å²) >= 11 is 0. The Kier molecular flexibility index (Phi) is 4.54. The van der Waals surface area contributed by atoms with Crippen LogP contribution in [-0.4, -0.2) is 38.9 Å². The predicted octanol–water partition coefficient (Wildman–Crippen LogP) is 0.954. The summed E-state index contributed by atoms with van der Waals surface area (Å²) in [6.07, 6.45) is 3.19. The first-order chi connectivity index (χ1) is 7.12. The molecule has 1 fully saturated rings. The summed E-state index contributed by atoms with van der Waals surface area (Å²) in [6.45, 7) is 3.33. The fraction of sp³-hybridized carbons (Fsp3) is 0.909. The van der Waals surface area contributed by atoms with E-state index in [1.54, 1.807) is 7.11 Å². The van der Waals surface area contributed by atoms with Crippen molar-refractivity contribution in [3.05, 3.63) is 0 Å². The lowest BCUT2D eigenvalue weighted by Gasteiger charge is -2.27. The molecule has 0 aliphatic heterocycles. The summed E-state index contributed by atoms with van der Waals surface area (Å²) in [5.74, 6) is 0.539. The lowest BCUT2D eigenvalue weighted by atomic mass is 9.98. The number of hydrogen-bond acceptors (Lipinski definition) is 4. The number of carbonyl (C=O) groups is 1. The average Bonchev–Trinajstić information content (AvgIpc) is 3.06. The van der Waals surface area contributed by atoms with Gasteiger partial charge in [0.15, 0.2) is 0 Å². The zero-order chi connectivity index (χ0) is 11.3. The van der Waals surface area contributed by atoms with Gasteiger partial charge in [-0.1, -0.05) is 0 Å². The Morgan fingerprint density at radius 2 is 2.13 bits per heavy atom. The maximum Gasteiger partial charge on any atom is 0.325 e. The number of esters is 1. The van der Waals surface area contributed by atoms with Gasteiger partial charge in [-0.15, -0.1) is 0 Å². The lowest BCUT2D eigenvalue weighted by Crippen LogP contribution is -2.51. The van der Waals surface area contributed by atoms with E-state index in [0.717, 1.165) is 12.5 Å². The van der Waals surface area contributed by atoms with E-state index < -0.39 is 5.54 Å². The summed E-state index contributed by atoms with van der Waals surface area (Å²) in [5.41, 5.74) is -0.604. The Bertz CT molecular complexity index is 216. The zero-order valence-corrected chi connectivity index (χ0v) is 9.84. The van der Waals surface area contributed by atoms with Gasteiger partial charge in [0.2, 0.25) is 0 Å². The molecule has 0 spiro atoms. The van der Waals surface area contributed by atoms with Crippen molar-refractivity contribution in [2.24, 2.45) is 5.92 Å². The fourth-order valence-corrected chi connectivity index (χ4v) is 1.49. The van der Waals surface area contributed by atoms with Gasteiger partial charge in [0.05, 0.1) is 7.11 Å². The van der Waals surface area contributed by atoms with Crippen LogP contribution in [0.25, 0.3) is 0 Å². The first kappa shape index (κ1) is 12.5. The fourth-order valence-electron chi connectivity index (χ4n) is 1.49. The molecule has 0 amide bonds. The van der Waals surface area contributed by atoms with Crippen molar-refractivity contribution in [1.82, 2.24) is 5.32 Å². The summed E-state index contributed by atoms with van der Waals surface area (Å²) < 4.78 is 9.81. The van der Waals surface area contributed by atoms with Crippen LogP contribution in [-0.2, 0) is 14.3 Å². The Morgan fingerprint density at radius 3 is 2.60 bits per heavy atom. The molecule has 0 aromatic heterocycles. The van der Waals surface area contributed by atoms with E-state index in [-0.39, 0.29) is 5.97 Å². The van der Waals surface area contributed by atoms with Gasteiger partial charge >= 0.3 is 5.97 Å². The minimum atomic E-state index is -0.604. The molecule has 0 bridgehead atoms. The van der Waals surface area contributed by atoms with Crippen LogP contribution < -0.4 is 5.32 Å². The standard InChI is InChI=1S/C11H21NO3/c1-11(6-7-14-2,10(13)15-3)12-8-9-4-5-9/h9,12H,4-8H2,1-3H3. The predicted molar refractivity (Wildman–Crippen MR) is 57.6 cm³/mol. The van der Waals surface area contributed by atoms with Crippen LogP contribution in [0.15, 0.2) is 0 Å². The zero-order valence-electron chi connectivity index (χ0n) is 9.84. The third kappa shape index (κ3) is 3.80. The molecule has 0 saturated heterocycles. The molecule has 0 heterocycles. The number of hydrogen-bond donors (Lipinski definition) is 1. The molecule has 0 radical (unpaired) electrons. The van der Waals surface area contributed by atoms with Gasteiger partial charge in [0, 0.05) is 13.7 Å². The van der Waals surface area contributed by atoms with Crippen LogP contribution in [0.5, 0.6) is 0 Å². The number of rotatable bonds is 7. The second-order valence-electron chi connectivity index (χ2n) is 4.39. The molecule has 1 saturated carbocycles. The van der Waals surface area contributed by atoms with E-state index >= 15 is 0 Å². The van der Waals surface area contributed by atoms with E-state index in [0.29, 0.717) is 13.0 Å². The van der Waals surface area contributed by atoms with Gasteiger partial charge in [-0.05, 0) is 38.6 Å². The topological polar surface area (TPSA) is 47.6 Å². The monoisotopic (exact) mass is 215 g/mol. The van der Waals surface area contributed by atoms with Crippen molar-refractivity contribution in [3.8, 4) is 0 Å². The molecule has 1 unspecified atom stereocenters. The minimum absolute atomic E-state index is 0.208. The number of methoxy groups -OCH3 is 2. The molecular formula is C11H21NO3. The van der Waals surface area contributed by atoms with Crippen molar-refractivity contribution in [3.63, 3.8) is 0 Å². The molecular weight excluding hydrogens is 194 g/mol. The Morgan fingerprint density at radius 1 is 1.47 bits per heavy atom. The third-order valence-corrected chi connectivity index (χ3v) is 2.92. The number of nitrogens with one attached hydrogen (secondary N) is 1. The molecule has 88 valence electrons. The van der Waals surface area contributed by atoms with Crippen molar-refractivity contribution in [1.29, 1.82) is 0 Å². The normalized spacial score (nSPS) is 19.7. The molecule has 4 heteroatoms. The molecule has 1 rings (SSSR count). The van der Waals surface area contributed by atoms with E-state index in [1.165, 1.54) is 20.0 Å².